The van der Waals surface area contributed by atoms with E-state index < -0.39 is 6.09 Å². The lowest BCUT2D eigenvalue weighted by Gasteiger charge is -2.21. The topological polar surface area (TPSA) is 66.6 Å². The third-order valence-corrected chi connectivity index (χ3v) is 2.66. The fraction of sp³-hybridized carbons (Fsp3) is 0.300. The summed E-state index contributed by atoms with van der Waals surface area (Å²) in [6.07, 6.45) is 0.607. The Balaban J connectivity index is 2.30. The van der Waals surface area contributed by atoms with Crippen LogP contribution >= 0.6 is 0 Å². The van der Waals surface area contributed by atoms with Crippen molar-refractivity contribution in [1.29, 1.82) is 0 Å². The first-order valence-corrected chi connectivity index (χ1v) is 4.55. The normalized spacial score (nSPS) is 19.1. The molecule has 0 fully saturated rings. The maximum Gasteiger partial charge on any atom is 0.422 e. The van der Waals surface area contributed by atoms with Crippen molar-refractivity contribution in [3.05, 3.63) is 35.4 Å². The van der Waals surface area contributed by atoms with Crippen molar-refractivity contribution in [2.45, 2.75) is 18.9 Å². The van der Waals surface area contributed by atoms with Crippen molar-refractivity contribution in [1.82, 2.24) is 5.01 Å². The number of fused-ring (bicyclic) bond motifs is 1. The Morgan fingerprint density at radius 3 is 2.93 bits per heavy atom. The summed E-state index contributed by atoms with van der Waals surface area (Å²) in [6.45, 7) is 0. The molecule has 0 aliphatic heterocycles. The van der Waals surface area contributed by atoms with Crippen LogP contribution in [0.1, 0.15) is 23.6 Å². The molecule has 74 valence electrons. The highest BCUT2D eigenvalue weighted by atomic mass is 16.4. The zero-order valence-corrected chi connectivity index (χ0v) is 7.68. The molecule has 4 nitrogen and oxygen atoms in total. The van der Waals surface area contributed by atoms with Crippen molar-refractivity contribution >= 4 is 6.09 Å². The molecule has 3 N–H and O–H groups in total. The van der Waals surface area contributed by atoms with Gasteiger partial charge in [0.15, 0.2) is 0 Å². The van der Waals surface area contributed by atoms with Crippen molar-refractivity contribution in [3.63, 3.8) is 0 Å². The fourth-order valence-corrected chi connectivity index (χ4v) is 1.96. The van der Waals surface area contributed by atoms with E-state index in [1.165, 1.54) is 5.56 Å². The summed E-state index contributed by atoms with van der Waals surface area (Å²) >= 11 is 0. The number of nitrogens with two attached hydrogens (primary N) is 1. The molecule has 1 aliphatic rings. The van der Waals surface area contributed by atoms with E-state index in [0.29, 0.717) is 0 Å². The van der Waals surface area contributed by atoms with E-state index in [9.17, 15) is 4.79 Å². The number of rotatable bonds is 1. The minimum absolute atomic E-state index is 0.177. The van der Waals surface area contributed by atoms with Crippen LogP contribution < -0.4 is 5.84 Å². The van der Waals surface area contributed by atoms with Gasteiger partial charge >= 0.3 is 6.09 Å². The molecule has 2 rings (SSSR count). The van der Waals surface area contributed by atoms with Crippen LogP contribution in [-0.2, 0) is 6.42 Å². The van der Waals surface area contributed by atoms with Gasteiger partial charge in [-0.05, 0) is 24.0 Å². The lowest BCUT2D eigenvalue weighted by atomic mass is 10.1. The van der Waals surface area contributed by atoms with Gasteiger partial charge in [-0.3, -0.25) is 0 Å². The molecule has 0 heterocycles. The number of amides is 1. The van der Waals surface area contributed by atoms with Crippen LogP contribution in [0.25, 0.3) is 0 Å². The van der Waals surface area contributed by atoms with Crippen LogP contribution in [0.5, 0.6) is 0 Å². The Hall–Kier alpha value is -1.55. The largest absolute Gasteiger partial charge is 0.464 e. The first-order chi connectivity index (χ1) is 6.70. The minimum Gasteiger partial charge on any atom is -0.464 e. The van der Waals surface area contributed by atoms with E-state index in [1.807, 2.05) is 24.3 Å². The maximum atomic E-state index is 10.7. The number of carbonyl (C=O) groups is 1. The van der Waals surface area contributed by atoms with Gasteiger partial charge in [0.05, 0.1) is 6.04 Å². The second-order valence-electron chi connectivity index (χ2n) is 3.44. The smallest absolute Gasteiger partial charge is 0.422 e. The average molecular weight is 192 g/mol. The van der Waals surface area contributed by atoms with Gasteiger partial charge in [0.1, 0.15) is 0 Å². The first kappa shape index (κ1) is 9.02. The monoisotopic (exact) mass is 192 g/mol. The minimum atomic E-state index is -1.08. The average Bonchev–Trinajstić information content (AvgIpc) is 2.60. The summed E-state index contributed by atoms with van der Waals surface area (Å²) in [5, 5.41) is 9.66. The van der Waals surface area contributed by atoms with Gasteiger partial charge in [-0.2, -0.15) is 0 Å². The number of hydrazine groups is 1. The van der Waals surface area contributed by atoms with Crippen molar-refractivity contribution in [2.24, 2.45) is 5.84 Å². The van der Waals surface area contributed by atoms with E-state index >= 15 is 0 Å². The molecule has 14 heavy (non-hydrogen) atoms. The SMILES string of the molecule is NN(C(=O)O)C1CCc2ccccc21. The molecular formula is C10H12N2O2. The molecule has 0 radical (unpaired) electrons. The Morgan fingerprint density at radius 2 is 2.21 bits per heavy atom. The molecule has 4 heteroatoms. The Labute approximate surface area is 81.9 Å². The lowest BCUT2D eigenvalue weighted by molar-refractivity contribution is 0.124. The third kappa shape index (κ3) is 1.33. The molecule has 0 saturated heterocycles. The molecule has 0 saturated carbocycles. The Kier molecular flexibility index (Phi) is 2.13. The summed E-state index contributed by atoms with van der Waals surface area (Å²) in [7, 11) is 0. The second-order valence-corrected chi connectivity index (χ2v) is 3.44. The van der Waals surface area contributed by atoms with Crippen LogP contribution in [0.15, 0.2) is 24.3 Å². The standard InChI is InChI=1S/C10H12N2O2/c11-12(10(13)14)9-6-5-7-3-1-2-4-8(7)9/h1-4,9H,5-6,11H2,(H,13,14). The second kappa shape index (κ2) is 3.31. The molecule has 1 aromatic carbocycles. The zero-order chi connectivity index (χ0) is 10.1. The summed E-state index contributed by atoms with van der Waals surface area (Å²) in [5.41, 5.74) is 2.24. The van der Waals surface area contributed by atoms with Crippen LogP contribution in [-0.4, -0.2) is 16.2 Å². The molecule has 1 aliphatic carbocycles. The number of hydrogen-bond acceptors (Lipinski definition) is 2. The number of hydrogen-bond donors (Lipinski definition) is 2. The highest BCUT2D eigenvalue weighted by Gasteiger charge is 2.28. The van der Waals surface area contributed by atoms with Gasteiger partial charge in [0.2, 0.25) is 0 Å². The van der Waals surface area contributed by atoms with Crippen molar-refractivity contribution in [3.8, 4) is 0 Å². The molecule has 1 atom stereocenters. The summed E-state index contributed by atoms with van der Waals surface area (Å²) in [5.74, 6) is 5.47. The van der Waals surface area contributed by atoms with Gasteiger partial charge < -0.3 is 5.11 Å². The first-order valence-electron chi connectivity index (χ1n) is 4.55. The number of benzene rings is 1. The number of nitrogens with zero attached hydrogens (tertiary/aromatic N) is 1. The highest BCUT2D eigenvalue weighted by Crippen LogP contribution is 2.33. The quantitative estimate of drug-likeness (QED) is 0.403. The fourth-order valence-electron chi connectivity index (χ4n) is 1.96. The van der Waals surface area contributed by atoms with E-state index in [2.05, 4.69) is 0 Å². The van der Waals surface area contributed by atoms with E-state index in [-0.39, 0.29) is 6.04 Å². The van der Waals surface area contributed by atoms with E-state index in [4.69, 9.17) is 10.9 Å². The molecule has 0 bridgehead atoms. The lowest BCUT2D eigenvalue weighted by Crippen LogP contribution is -2.38. The molecule has 0 spiro atoms. The molecule has 1 unspecified atom stereocenters. The Morgan fingerprint density at radius 1 is 1.50 bits per heavy atom. The molecular weight excluding hydrogens is 180 g/mol. The number of carboxylic acid groups (broad SMARTS) is 1. The molecule has 0 aromatic heterocycles. The van der Waals surface area contributed by atoms with Crippen molar-refractivity contribution in [2.75, 3.05) is 0 Å². The van der Waals surface area contributed by atoms with Crippen LogP contribution in [0.4, 0.5) is 4.79 Å². The van der Waals surface area contributed by atoms with Gasteiger partial charge in [-0.15, -0.1) is 0 Å². The maximum absolute atomic E-state index is 10.7. The van der Waals surface area contributed by atoms with Crippen molar-refractivity contribution < 1.29 is 9.90 Å². The van der Waals surface area contributed by atoms with Gasteiger partial charge in [0, 0.05) is 0 Å². The van der Waals surface area contributed by atoms with Crippen LogP contribution in [0.3, 0.4) is 0 Å². The van der Waals surface area contributed by atoms with E-state index in [1.54, 1.807) is 0 Å². The van der Waals surface area contributed by atoms with Crippen LogP contribution in [0.2, 0.25) is 0 Å². The van der Waals surface area contributed by atoms with Gasteiger partial charge in [-0.1, -0.05) is 24.3 Å². The van der Waals surface area contributed by atoms with Gasteiger partial charge in [0.25, 0.3) is 0 Å². The zero-order valence-electron chi connectivity index (χ0n) is 7.68. The van der Waals surface area contributed by atoms with E-state index in [0.717, 1.165) is 23.4 Å². The van der Waals surface area contributed by atoms with Gasteiger partial charge in [-0.25, -0.2) is 15.6 Å². The highest BCUT2D eigenvalue weighted by molar-refractivity contribution is 5.65. The Bertz CT molecular complexity index is 365. The third-order valence-electron chi connectivity index (χ3n) is 2.66. The summed E-state index contributed by atoms with van der Waals surface area (Å²) in [4.78, 5) is 10.7. The number of aryl methyl sites for hydroxylation is 1. The summed E-state index contributed by atoms with van der Waals surface area (Å²) < 4.78 is 0. The summed E-state index contributed by atoms with van der Waals surface area (Å²) in [6, 6.07) is 7.65. The molecule has 1 amide bonds. The molecule has 1 aromatic rings. The predicted octanol–water partition coefficient (Wildman–Crippen LogP) is 1.53. The predicted molar refractivity (Wildman–Crippen MR) is 51.6 cm³/mol. The van der Waals surface area contributed by atoms with Crippen LogP contribution in [0, 0.1) is 0 Å².